The van der Waals surface area contributed by atoms with E-state index in [4.69, 9.17) is 23.7 Å². The summed E-state index contributed by atoms with van der Waals surface area (Å²) in [6.45, 7) is 13.0. The first-order valence-electron chi connectivity index (χ1n) is 12.2. The summed E-state index contributed by atoms with van der Waals surface area (Å²) >= 11 is 0. The number of alkyl carbamates (subject to hydrolysis) is 1. The third-order valence-electron chi connectivity index (χ3n) is 5.05. The molecular formula is C25H41N3O7. The van der Waals surface area contributed by atoms with Crippen LogP contribution in [0.1, 0.15) is 26.3 Å². The number of carbonyl (C=O) groups excluding carboxylic acids is 2. The normalized spacial score (nSPS) is 14.5. The van der Waals surface area contributed by atoms with Crippen molar-refractivity contribution in [3.05, 3.63) is 35.9 Å². The minimum absolute atomic E-state index is 0.243. The predicted molar refractivity (Wildman–Crippen MR) is 131 cm³/mol. The second-order valence-electron chi connectivity index (χ2n) is 9.13. The summed E-state index contributed by atoms with van der Waals surface area (Å²) in [4.78, 5) is 27.7. The predicted octanol–water partition coefficient (Wildman–Crippen LogP) is 2.52. The minimum atomic E-state index is -0.466. The van der Waals surface area contributed by atoms with E-state index in [1.165, 1.54) is 0 Å². The van der Waals surface area contributed by atoms with Crippen LogP contribution in [0.3, 0.4) is 0 Å². The van der Waals surface area contributed by atoms with E-state index < -0.39 is 11.7 Å². The maximum Gasteiger partial charge on any atom is 0.410 e. The molecule has 10 heteroatoms. The van der Waals surface area contributed by atoms with Crippen LogP contribution in [0.25, 0.3) is 0 Å². The summed E-state index contributed by atoms with van der Waals surface area (Å²) in [6, 6.07) is 9.52. The first-order valence-corrected chi connectivity index (χ1v) is 12.2. The lowest BCUT2D eigenvalue weighted by Gasteiger charge is -2.35. The molecule has 0 atom stereocenters. The van der Waals surface area contributed by atoms with E-state index in [0.29, 0.717) is 59.3 Å². The SMILES string of the molecule is CC(C)(C)OC(=O)N1CCN(CCOCCOCCOCCNC(=O)OCc2ccccc2)CC1. The Balaban J connectivity index is 1.33. The van der Waals surface area contributed by atoms with Crippen LogP contribution in [0.2, 0.25) is 0 Å². The molecule has 1 heterocycles. The van der Waals surface area contributed by atoms with Gasteiger partial charge in [0.2, 0.25) is 0 Å². The third-order valence-corrected chi connectivity index (χ3v) is 5.05. The van der Waals surface area contributed by atoms with Crippen LogP contribution in [-0.4, -0.2) is 106 Å². The van der Waals surface area contributed by atoms with Gasteiger partial charge in [-0.1, -0.05) is 30.3 Å². The number of ether oxygens (including phenoxy) is 5. The Labute approximate surface area is 208 Å². The fraction of sp³-hybridized carbons (Fsp3) is 0.680. The molecule has 0 bridgehead atoms. The van der Waals surface area contributed by atoms with Crippen LogP contribution < -0.4 is 5.32 Å². The largest absolute Gasteiger partial charge is 0.445 e. The van der Waals surface area contributed by atoms with Crippen LogP contribution in [0.15, 0.2) is 30.3 Å². The molecule has 0 radical (unpaired) electrons. The number of amides is 2. The number of hydrogen-bond acceptors (Lipinski definition) is 8. The average molecular weight is 496 g/mol. The van der Waals surface area contributed by atoms with Crippen molar-refractivity contribution in [2.75, 3.05) is 78.9 Å². The third kappa shape index (κ3) is 13.9. The van der Waals surface area contributed by atoms with E-state index in [2.05, 4.69) is 10.2 Å². The minimum Gasteiger partial charge on any atom is -0.445 e. The molecule has 2 amide bonds. The quantitative estimate of drug-likeness (QED) is 0.393. The molecular weight excluding hydrogens is 454 g/mol. The maximum absolute atomic E-state index is 12.1. The molecule has 1 aromatic carbocycles. The molecule has 0 saturated carbocycles. The molecule has 1 aromatic rings. The topological polar surface area (TPSA) is 98.8 Å². The standard InChI is InChI=1S/C25H41N3O7/c1-25(2,3)35-24(30)28-12-10-27(11-13-28)14-16-32-18-20-33-19-17-31-15-9-26-23(29)34-21-22-7-5-4-6-8-22/h4-8H,9-21H2,1-3H3,(H,26,29). The highest BCUT2D eigenvalue weighted by molar-refractivity contribution is 5.68. The smallest absolute Gasteiger partial charge is 0.410 e. The first-order chi connectivity index (χ1) is 16.8. The number of hydrogen-bond donors (Lipinski definition) is 1. The molecule has 1 saturated heterocycles. The van der Waals surface area contributed by atoms with Gasteiger partial charge in [-0.05, 0) is 26.3 Å². The fourth-order valence-electron chi connectivity index (χ4n) is 3.22. The van der Waals surface area contributed by atoms with Crippen molar-refractivity contribution >= 4 is 12.2 Å². The van der Waals surface area contributed by atoms with Gasteiger partial charge in [-0.25, -0.2) is 9.59 Å². The Morgan fingerprint density at radius 3 is 2.09 bits per heavy atom. The van der Waals surface area contributed by atoms with Gasteiger partial charge in [0.05, 0.1) is 39.6 Å². The lowest BCUT2D eigenvalue weighted by atomic mass is 10.2. The van der Waals surface area contributed by atoms with Crippen molar-refractivity contribution in [3.8, 4) is 0 Å². The monoisotopic (exact) mass is 495 g/mol. The van der Waals surface area contributed by atoms with E-state index in [1.807, 2.05) is 51.1 Å². The maximum atomic E-state index is 12.1. The molecule has 0 aromatic heterocycles. The number of piperazine rings is 1. The number of benzene rings is 1. The van der Waals surface area contributed by atoms with Gasteiger partial charge < -0.3 is 33.9 Å². The molecule has 2 rings (SSSR count). The summed E-state index contributed by atoms with van der Waals surface area (Å²) in [5, 5.41) is 2.65. The van der Waals surface area contributed by atoms with Crippen molar-refractivity contribution in [1.82, 2.24) is 15.1 Å². The fourth-order valence-corrected chi connectivity index (χ4v) is 3.22. The van der Waals surface area contributed by atoms with Crippen molar-refractivity contribution in [2.45, 2.75) is 33.0 Å². The lowest BCUT2D eigenvalue weighted by molar-refractivity contribution is 0.00190. The zero-order chi connectivity index (χ0) is 25.4. The highest BCUT2D eigenvalue weighted by Gasteiger charge is 2.25. The summed E-state index contributed by atoms with van der Waals surface area (Å²) in [5.41, 5.74) is 0.477. The zero-order valence-corrected chi connectivity index (χ0v) is 21.3. The van der Waals surface area contributed by atoms with Crippen LogP contribution in [0.5, 0.6) is 0 Å². The number of carbonyl (C=O) groups is 2. The number of rotatable bonds is 14. The Morgan fingerprint density at radius 2 is 1.46 bits per heavy atom. The molecule has 1 N–H and O–H groups in total. The van der Waals surface area contributed by atoms with Crippen molar-refractivity contribution in [1.29, 1.82) is 0 Å². The second kappa shape index (κ2) is 16.3. The van der Waals surface area contributed by atoms with E-state index in [1.54, 1.807) is 4.90 Å². The first kappa shape index (κ1) is 28.8. The van der Waals surface area contributed by atoms with Gasteiger partial charge in [0.1, 0.15) is 12.2 Å². The molecule has 1 aliphatic rings. The van der Waals surface area contributed by atoms with Gasteiger partial charge in [0, 0.05) is 39.3 Å². The van der Waals surface area contributed by atoms with Gasteiger partial charge in [-0.15, -0.1) is 0 Å². The van der Waals surface area contributed by atoms with Gasteiger partial charge >= 0.3 is 12.2 Å². The summed E-state index contributed by atoms with van der Waals surface area (Å²) < 4.78 is 27.1. The Bertz CT molecular complexity index is 720. The van der Waals surface area contributed by atoms with Crippen LogP contribution in [-0.2, 0) is 30.3 Å². The van der Waals surface area contributed by atoms with E-state index in [9.17, 15) is 9.59 Å². The molecule has 0 spiro atoms. The van der Waals surface area contributed by atoms with E-state index in [0.717, 1.165) is 25.2 Å². The van der Waals surface area contributed by atoms with Crippen LogP contribution >= 0.6 is 0 Å². The summed E-state index contributed by atoms with van der Waals surface area (Å²) in [7, 11) is 0. The Kier molecular flexibility index (Phi) is 13.4. The zero-order valence-electron chi connectivity index (χ0n) is 21.3. The highest BCUT2D eigenvalue weighted by atomic mass is 16.6. The number of nitrogens with one attached hydrogen (secondary N) is 1. The molecule has 10 nitrogen and oxygen atoms in total. The summed E-state index contributed by atoms with van der Waals surface area (Å²) in [6.07, 6.45) is -0.706. The van der Waals surface area contributed by atoms with Gasteiger partial charge in [-0.3, -0.25) is 4.90 Å². The molecule has 0 unspecified atom stereocenters. The van der Waals surface area contributed by atoms with Crippen LogP contribution in [0, 0.1) is 0 Å². The second-order valence-corrected chi connectivity index (χ2v) is 9.13. The van der Waals surface area contributed by atoms with Gasteiger partial charge in [-0.2, -0.15) is 0 Å². The molecule has 1 fully saturated rings. The Morgan fingerprint density at radius 1 is 0.857 bits per heavy atom. The Hall–Kier alpha value is -2.40. The molecule has 35 heavy (non-hydrogen) atoms. The molecule has 1 aliphatic heterocycles. The number of nitrogens with zero attached hydrogens (tertiary/aromatic N) is 2. The van der Waals surface area contributed by atoms with Gasteiger partial charge in [0.15, 0.2) is 0 Å². The molecule has 0 aliphatic carbocycles. The highest BCUT2D eigenvalue weighted by Crippen LogP contribution is 2.11. The van der Waals surface area contributed by atoms with Crippen molar-refractivity contribution < 1.29 is 33.3 Å². The summed E-state index contributed by atoms with van der Waals surface area (Å²) in [5.74, 6) is 0. The average Bonchev–Trinajstić information content (AvgIpc) is 2.83. The molecule has 198 valence electrons. The van der Waals surface area contributed by atoms with E-state index in [-0.39, 0.29) is 12.7 Å². The van der Waals surface area contributed by atoms with Gasteiger partial charge in [0.25, 0.3) is 0 Å². The van der Waals surface area contributed by atoms with Crippen molar-refractivity contribution in [2.24, 2.45) is 0 Å². The van der Waals surface area contributed by atoms with Crippen molar-refractivity contribution in [3.63, 3.8) is 0 Å². The van der Waals surface area contributed by atoms with E-state index >= 15 is 0 Å². The lowest BCUT2D eigenvalue weighted by Crippen LogP contribution is -2.50. The van der Waals surface area contributed by atoms with Crippen LogP contribution in [0.4, 0.5) is 9.59 Å².